The lowest BCUT2D eigenvalue weighted by molar-refractivity contribution is 0.209. The molecule has 3 heterocycles. The molecule has 0 amide bonds. The van der Waals surface area contributed by atoms with Gasteiger partial charge >= 0.3 is 0 Å². The Morgan fingerprint density at radius 3 is 3.15 bits per heavy atom. The van der Waals surface area contributed by atoms with E-state index in [9.17, 15) is 0 Å². The van der Waals surface area contributed by atoms with Crippen molar-refractivity contribution in [2.24, 2.45) is 11.7 Å². The van der Waals surface area contributed by atoms with Gasteiger partial charge in [-0.25, -0.2) is 4.37 Å². The Balaban J connectivity index is 1.69. The molecule has 1 aromatic rings. The predicted octanol–water partition coefficient (Wildman–Crippen LogP) is 0.674. The molecule has 1 saturated carbocycles. The first-order chi connectivity index (χ1) is 6.34. The average molecular weight is 195 g/mol. The molecular formula is C9H13N3S. The molecule has 2 N–H and O–H groups in total. The van der Waals surface area contributed by atoms with E-state index in [1.807, 2.05) is 6.20 Å². The summed E-state index contributed by atoms with van der Waals surface area (Å²) in [4.78, 5) is 3.86. The van der Waals surface area contributed by atoms with E-state index < -0.39 is 0 Å². The summed E-state index contributed by atoms with van der Waals surface area (Å²) < 4.78 is 4.11. The summed E-state index contributed by atoms with van der Waals surface area (Å²) in [5.41, 5.74) is 5.99. The Morgan fingerprint density at radius 2 is 2.62 bits per heavy atom. The smallest absolute Gasteiger partial charge is 0.0410 e. The lowest BCUT2D eigenvalue weighted by Crippen LogP contribution is -2.49. The fourth-order valence-corrected chi connectivity index (χ4v) is 3.08. The minimum Gasteiger partial charge on any atom is -0.326 e. The van der Waals surface area contributed by atoms with Crippen LogP contribution >= 0.6 is 11.5 Å². The van der Waals surface area contributed by atoms with E-state index in [2.05, 4.69) is 15.3 Å². The molecule has 3 atom stereocenters. The van der Waals surface area contributed by atoms with E-state index in [1.54, 1.807) is 11.5 Å². The van der Waals surface area contributed by atoms with Crippen LogP contribution in [0.3, 0.4) is 0 Å². The standard InChI is InChI=1S/C9H13N3S/c10-9-6-3-8(9)12(4-6)5-7-1-2-11-13-7/h1-2,6,8-9H,3-5,10H2. The van der Waals surface area contributed by atoms with Crippen molar-refractivity contribution in [3.8, 4) is 0 Å². The van der Waals surface area contributed by atoms with E-state index in [-0.39, 0.29) is 0 Å². The topological polar surface area (TPSA) is 42.1 Å². The monoisotopic (exact) mass is 195 g/mol. The van der Waals surface area contributed by atoms with Crippen molar-refractivity contribution >= 4 is 11.5 Å². The van der Waals surface area contributed by atoms with Crippen LogP contribution in [0.4, 0.5) is 0 Å². The maximum Gasteiger partial charge on any atom is 0.0410 e. The van der Waals surface area contributed by atoms with Gasteiger partial charge in [0.15, 0.2) is 0 Å². The third-order valence-corrected chi connectivity index (χ3v) is 4.05. The van der Waals surface area contributed by atoms with Gasteiger partial charge in [0.25, 0.3) is 0 Å². The lowest BCUT2D eigenvalue weighted by Gasteiger charge is -2.33. The summed E-state index contributed by atoms with van der Waals surface area (Å²) in [5.74, 6) is 0.776. The first-order valence-electron chi connectivity index (χ1n) is 4.74. The van der Waals surface area contributed by atoms with Crippen LogP contribution < -0.4 is 5.73 Å². The van der Waals surface area contributed by atoms with Crippen molar-refractivity contribution in [3.63, 3.8) is 0 Å². The van der Waals surface area contributed by atoms with Crippen molar-refractivity contribution in [1.29, 1.82) is 0 Å². The van der Waals surface area contributed by atoms with Crippen LogP contribution in [0.2, 0.25) is 0 Å². The largest absolute Gasteiger partial charge is 0.326 e. The van der Waals surface area contributed by atoms with E-state index in [0.29, 0.717) is 12.1 Å². The molecule has 4 heteroatoms. The van der Waals surface area contributed by atoms with Gasteiger partial charge in [0.1, 0.15) is 0 Å². The minimum absolute atomic E-state index is 0.452. The highest BCUT2D eigenvalue weighted by Crippen LogP contribution is 2.40. The van der Waals surface area contributed by atoms with Gasteiger partial charge in [0.2, 0.25) is 0 Å². The highest BCUT2D eigenvalue weighted by Gasteiger charge is 2.49. The molecule has 1 aromatic heterocycles. The molecule has 0 spiro atoms. The van der Waals surface area contributed by atoms with Gasteiger partial charge in [0.05, 0.1) is 0 Å². The van der Waals surface area contributed by atoms with Crippen LogP contribution in [-0.2, 0) is 6.54 Å². The fourth-order valence-electron chi connectivity index (χ4n) is 2.47. The first kappa shape index (κ1) is 7.91. The SMILES string of the molecule is NC1C2CC1N(Cc1ccns1)C2. The lowest BCUT2D eigenvalue weighted by atomic mass is 9.81. The molecule has 0 aromatic carbocycles. The molecule has 2 aliphatic heterocycles. The molecule has 2 bridgehead atoms. The van der Waals surface area contributed by atoms with E-state index >= 15 is 0 Å². The molecule has 3 aliphatic rings. The third-order valence-electron chi connectivity index (χ3n) is 3.32. The summed E-state index contributed by atoms with van der Waals surface area (Å²) in [5, 5.41) is 0. The van der Waals surface area contributed by atoms with E-state index in [1.165, 1.54) is 17.8 Å². The summed E-state index contributed by atoms with van der Waals surface area (Å²) in [6.07, 6.45) is 3.19. The van der Waals surface area contributed by atoms with Gasteiger partial charge in [-0.05, 0) is 29.9 Å². The first-order valence-corrected chi connectivity index (χ1v) is 5.51. The van der Waals surface area contributed by atoms with Crippen molar-refractivity contribution in [2.45, 2.75) is 25.0 Å². The van der Waals surface area contributed by atoms with E-state index in [4.69, 9.17) is 5.73 Å². The predicted molar refractivity (Wildman–Crippen MR) is 52.4 cm³/mol. The molecule has 3 nitrogen and oxygen atoms in total. The van der Waals surface area contributed by atoms with E-state index in [0.717, 1.165) is 12.5 Å². The highest BCUT2D eigenvalue weighted by molar-refractivity contribution is 7.05. The van der Waals surface area contributed by atoms with Crippen LogP contribution in [0, 0.1) is 5.92 Å². The Hall–Kier alpha value is -0.450. The van der Waals surface area contributed by atoms with Crippen molar-refractivity contribution in [1.82, 2.24) is 9.27 Å². The zero-order valence-corrected chi connectivity index (χ0v) is 8.20. The summed E-state index contributed by atoms with van der Waals surface area (Å²) in [7, 11) is 0. The van der Waals surface area contributed by atoms with Crippen molar-refractivity contribution < 1.29 is 0 Å². The van der Waals surface area contributed by atoms with Crippen LogP contribution in [0.5, 0.6) is 0 Å². The van der Waals surface area contributed by atoms with Gasteiger partial charge < -0.3 is 5.73 Å². The minimum atomic E-state index is 0.452. The molecule has 3 unspecified atom stereocenters. The van der Waals surface area contributed by atoms with Gasteiger partial charge in [-0.2, -0.15) is 0 Å². The molecule has 1 aliphatic carbocycles. The van der Waals surface area contributed by atoms with Crippen molar-refractivity contribution in [2.75, 3.05) is 6.54 Å². The third kappa shape index (κ3) is 1.13. The summed E-state index contributed by atoms with van der Waals surface area (Å²) in [6.45, 7) is 2.25. The molecule has 70 valence electrons. The molecule has 2 saturated heterocycles. The van der Waals surface area contributed by atoms with Crippen LogP contribution in [0.25, 0.3) is 0 Å². The number of fused-ring (bicyclic) bond motifs is 1. The quantitative estimate of drug-likeness (QED) is 0.754. The molecule has 13 heavy (non-hydrogen) atoms. The summed E-state index contributed by atoms with van der Waals surface area (Å²) >= 11 is 1.60. The maximum absolute atomic E-state index is 5.99. The fraction of sp³-hybridized carbons (Fsp3) is 0.667. The number of hydrogen-bond donors (Lipinski definition) is 1. The number of nitrogens with two attached hydrogens (primary N) is 1. The van der Waals surface area contributed by atoms with Crippen LogP contribution in [-0.4, -0.2) is 27.9 Å². The molecule has 4 rings (SSSR count). The number of aromatic nitrogens is 1. The Kier molecular flexibility index (Phi) is 1.68. The highest BCUT2D eigenvalue weighted by atomic mass is 32.1. The van der Waals surface area contributed by atoms with Gasteiger partial charge in [-0.1, -0.05) is 0 Å². The van der Waals surface area contributed by atoms with Crippen molar-refractivity contribution in [3.05, 3.63) is 17.1 Å². The molecular weight excluding hydrogens is 182 g/mol. The maximum atomic E-state index is 5.99. The second-order valence-electron chi connectivity index (χ2n) is 4.05. The molecule has 0 radical (unpaired) electrons. The second kappa shape index (κ2) is 2.77. The zero-order valence-electron chi connectivity index (χ0n) is 7.39. The summed E-state index contributed by atoms with van der Waals surface area (Å²) in [6, 6.07) is 3.21. The number of rotatable bonds is 2. The van der Waals surface area contributed by atoms with Gasteiger partial charge in [-0.15, -0.1) is 0 Å². The zero-order chi connectivity index (χ0) is 8.84. The molecule has 3 fully saturated rings. The Bertz CT molecular complexity index is 298. The Labute approximate surface area is 81.7 Å². The van der Waals surface area contributed by atoms with Gasteiger partial charge in [0, 0.05) is 36.2 Å². The second-order valence-corrected chi connectivity index (χ2v) is 4.97. The average Bonchev–Trinajstić information content (AvgIpc) is 2.78. The number of nitrogens with zero attached hydrogens (tertiary/aromatic N) is 2. The van der Waals surface area contributed by atoms with Crippen LogP contribution in [0.15, 0.2) is 12.3 Å². The van der Waals surface area contributed by atoms with Gasteiger partial charge in [-0.3, -0.25) is 4.90 Å². The normalized spacial score (nSPS) is 37.8. The Morgan fingerprint density at radius 1 is 1.69 bits per heavy atom. The number of hydrogen-bond acceptors (Lipinski definition) is 4. The van der Waals surface area contributed by atoms with Crippen LogP contribution in [0.1, 0.15) is 11.3 Å².